The van der Waals surface area contributed by atoms with Gasteiger partial charge in [-0.3, -0.25) is 0 Å². The zero-order valence-electron chi connectivity index (χ0n) is 49.8. The first-order valence-corrected chi connectivity index (χ1v) is 29.4. The lowest BCUT2D eigenvalue weighted by atomic mass is 9.35. The zero-order valence-corrected chi connectivity index (χ0v) is 49.8. The average Bonchev–Trinajstić information content (AvgIpc) is 2.52. The molecule has 1 aromatic heterocycles. The van der Waals surface area contributed by atoms with Crippen LogP contribution in [0.2, 0.25) is 0 Å². The number of para-hydroxylation sites is 2. The Morgan fingerprint density at radius 1 is 0.449 bits per heavy atom. The first-order valence-electron chi connectivity index (χ1n) is 29.4. The molecule has 0 N–H and O–H groups in total. The van der Waals surface area contributed by atoms with Gasteiger partial charge in [0, 0.05) is 45.2 Å². The van der Waals surface area contributed by atoms with E-state index in [-0.39, 0.29) is 44.6 Å². The van der Waals surface area contributed by atoms with Gasteiger partial charge in [-0.2, -0.15) is 0 Å². The highest BCUT2D eigenvalue weighted by Crippen LogP contribution is 2.56. The van der Waals surface area contributed by atoms with Crippen LogP contribution in [0.1, 0.15) is 187 Å². The predicted octanol–water partition coefficient (Wildman–Crippen LogP) is 18.6. The van der Waals surface area contributed by atoms with Crippen LogP contribution in [0.25, 0.3) is 11.0 Å². The average molecular weight is 1030 g/mol. The molecule has 5 aliphatic rings. The second kappa shape index (κ2) is 16.8. The number of benzene rings is 7. The Labute approximate surface area is 467 Å². The van der Waals surface area contributed by atoms with Crippen LogP contribution in [0.5, 0.6) is 0 Å². The van der Waals surface area contributed by atoms with Crippen molar-refractivity contribution in [1.29, 1.82) is 0 Å². The molecule has 0 bridgehead atoms. The van der Waals surface area contributed by atoms with E-state index in [2.05, 4.69) is 259 Å². The van der Waals surface area contributed by atoms with E-state index >= 15 is 0 Å². The van der Waals surface area contributed by atoms with Gasteiger partial charge in [0.2, 0.25) is 0 Å². The Balaban J connectivity index is 1.22. The highest BCUT2D eigenvalue weighted by Gasteiger charge is 2.51. The Morgan fingerprint density at radius 3 is 1.47 bits per heavy atom. The lowest BCUT2D eigenvalue weighted by Crippen LogP contribution is -2.61. The van der Waals surface area contributed by atoms with Crippen molar-refractivity contribution in [2.75, 3.05) is 14.7 Å². The summed E-state index contributed by atoms with van der Waals surface area (Å²) < 4.78 is 7.84. The van der Waals surface area contributed by atoms with Gasteiger partial charge in [-0.05, 0) is 212 Å². The van der Waals surface area contributed by atoms with Crippen molar-refractivity contribution >= 4 is 85.5 Å². The summed E-state index contributed by atoms with van der Waals surface area (Å²) in [6.45, 7) is 38.7. The van der Waals surface area contributed by atoms with Crippen LogP contribution in [0.4, 0.5) is 51.2 Å². The molecular weight excluding hydrogens is 946 g/mol. The van der Waals surface area contributed by atoms with Gasteiger partial charge in [-0.25, -0.2) is 0 Å². The minimum Gasteiger partial charge on any atom is -0.468 e. The zero-order chi connectivity index (χ0) is 55.0. The summed E-state index contributed by atoms with van der Waals surface area (Å²) in [6, 6.07) is 52.2. The monoisotopic (exact) mass is 1030 g/mol. The number of fused-ring (bicyclic) bond motifs is 9. The van der Waals surface area contributed by atoms with E-state index in [1.165, 1.54) is 101 Å². The largest absolute Gasteiger partial charge is 0.468 e. The number of hydrogen-bond acceptors (Lipinski definition) is 4. The van der Waals surface area contributed by atoms with Gasteiger partial charge in [-0.1, -0.05) is 165 Å². The number of furan rings is 1. The fourth-order valence-corrected chi connectivity index (χ4v) is 14.9. The topological polar surface area (TPSA) is 22.9 Å². The molecule has 0 amide bonds. The maximum absolute atomic E-state index is 7.84. The minimum absolute atomic E-state index is 0.00509. The predicted molar refractivity (Wildman–Crippen MR) is 334 cm³/mol. The summed E-state index contributed by atoms with van der Waals surface area (Å²) in [5.41, 5.74) is 26.6. The molecule has 8 aromatic rings. The molecule has 3 heterocycles. The lowest BCUT2D eigenvalue weighted by molar-refractivity contribution is 0.332. The molecule has 0 atom stereocenters. The highest BCUT2D eigenvalue weighted by atomic mass is 16.3. The summed E-state index contributed by atoms with van der Waals surface area (Å²) in [5, 5.41) is 1.19. The van der Waals surface area contributed by atoms with Crippen LogP contribution in [0.3, 0.4) is 0 Å². The summed E-state index contributed by atoms with van der Waals surface area (Å²) in [5.74, 6) is 0. The lowest BCUT2D eigenvalue weighted by Gasteiger charge is -2.47. The molecule has 0 saturated carbocycles. The van der Waals surface area contributed by atoms with E-state index < -0.39 is 0 Å². The van der Waals surface area contributed by atoms with Crippen molar-refractivity contribution in [2.24, 2.45) is 0 Å². The van der Waals surface area contributed by atoms with Crippen LogP contribution in [-0.2, 0) is 37.9 Å². The molecule has 0 unspecified atom stereocenters. The molecule has 7 aromatic carbocycles. The van der Waals surface area contributed by atoms with Gasteiger partial charge in [0.25, 0.3) is 6.71 Å². The maximum atomic E-state index is 7.84. The van der Waals surface area contributed by atoms with Gasteiger partial charge in [0.1, 0.15) is 5.58 Å². The highest BCUT2D eigenvalue weighted by molar-refractivity contribution is 7.00. The molecule has 4 nitrogen and oxygen atoms in total. The van der Waals surface area contributed by atoms with Gasteiger partial charge in [0.15, 0.2) is 0 Å². The third-order valence-electron chi connectivity index (χ3n) is 20.3. The van der Waals surface area contributed by atoms with E-state index in [0.29, 0.717) is 0 Å². The third kappa shape index (κ3) is 7.66. The molecule has 78 heavy (non-hydrogen) atoms. The Morgan fingerprint density at radius 2 is 0.936 bits per heavy atom. The smallest absolute Gasteiger partial charge is 0.297 e. The summed E-state index contributed by atoms with van der Waals surface area (Å²) in [6.07, 6.45) is 6.88. The van der Waals surface area contributed by atoms with Crippen molar-refractivity contribution in [3.05, 3.63) is 178 Å². The van der Waals surface area contributed by atoms with Crippen LogP contribution < -0.4 is 31.3 Å². The summed E-state index contributed by atoms with van der Waals surface area (Å²) >= 11 is 0. The summed E-state index contributed by atoms with van der Waals surface area (Å²) in [4.78, 5) is 7.83. The van der Waals surface area contributed by atoms with E-state index in [4.69, 9.17) is 4.42 Å². The quantitative estimate of drug-likeness (QED) is 0.160. The molecular formula is C73H82BN3O. The van der Waals surface area contributed by atoms with E-state index in [0.717, 1.165) is 60.4 Å². The van der Waals surface area contributed by atoms with Crippen LogP contribution >= 0.6 is 0 Å². The van der Waals surface area contributed by atoms with E-state index in [1.807, 2.05) is 0 Å². The SMILES string of the molecule is Cc1cc(C(C)(C)C)ccc1N1c2cc(N(c3ccccc3)c3ccccc3)cc3c2B(c2cc4c(cc2N3c2ccc3c(c2)C(C)(C)CCC3(C)C)C(C)(C)CCC4(C)C)c2oc3cc4c(cc3c21)C(C)(C)CCC4(C)C. The number of rotatable bonds is 5. The number of nitrogens with zero attached hydrogens (tertiary/aromatic N) is 3. The molecule has 0 radical (unpaired) electrons. The molecule has 2 aliphatic heterocycles. The normalized spacial score (nSPS) is 19.5. The Hall–Kier alpha value is -6.46. The number of anilines is 9. The Kier molecular flexibility index (Phi) is 11.0. The van der Waals surface area contributed by atoms with Crippen molar-refractivity contribution < 1.29 is 4.42 Å². The second-order valence-corrected chi connectivity index (χ2v) is 29.5. The molecule has 398 valence electrons. The van der Waals surface area contributed by atoms with Gasteiger partial charge >= 0.3 is 0 Å². The Bertz CT molecular complexity index is 3730. The molecule has 3 aliphatic carbocycles. The first kappa shape index (κ1) is 51.0. The second-order valence-electron chi connectivity index (χ2n) is 29.5. The molecule has 0 fully saturated rings. The van der Waals surface area contributed by atoms with Crippen LogP contribution in [-0.4, -0.2) is 6.71 Å². The standard InChI is InChI=1S/C73H82BN3O/c1-45-37-46(67(2,3)4)27-30-59(45)77-62-40-50(75(47-23-19-17-20-24-47)48-25-21-18-22-26-48)39-61-64(62)74(66-65(77)51-41-54-57(44-63(51)78-66)73(15,16)36-33-70(54,9)10)58-42-55-56(72(13,14)35-34-71(55,11)12)43-60(58)76(61)49-28-29-52-53(38-49)69(7,8)32-31-68(52,5)6/h17-30,37-44H,31-36H2,1-16H3. The number of hydrogen-bond donors (Lipinski definition) is 0. The van der Waals surface area contributed by atoms with Crippen molar-refractivity contribution in [1.82, 2.24) is 0 Å². The minimum atomic E-state index is -0.192. The van der Waals surface area contributed by atoms with Gasteiger partial charge < -0.3 is 19.1 Å². The van der Waals surface area contributed by atoms with Gasteiger partial charge in [-0.15, -0.1) is 0 Å². The van der Waals surface area contributed by atoms with Gasteiger partial charge in [0.05, 0.1) is 17.0 Å². The maximum Gasteiger partial charge on any atom is 0.297 e. The van der Waals surface area contributed by atoms with E-state index in [1.54, 1.807) is 0 Å². The summed E-state index contributed by atoms with van der Waals surface area (Å²) in [7, 11) is 0. The van der Waals surface area contributed by atoms with Crippen molar-refractivity contribution in [2.45, 2.75) is 187 Å². The fourth-order valence-electron chi connectivity index (χ4n) is 14.9. The van der Waals surface area contributed by atoms with Crippen molar-refractivity contribution in [3.8, 4) is 0 Å². The first-order chi connectivity index (χ1) is 36.7. The molecule has 13 rings (SSSR count). The van der Waals surface area contributed by atoms with Crippen LogP contribution in [0.15, 0.2) is 138 Å². The van der Waals surface area contributed by atoms with E-state index in [9.17, 15) is 0 Å². The molecule has 0 spiro atoms. The third-order valence-corrected chi connectivity index (χ3v) is 20.3. The molecule has 0 saturated heterocycles. The van der Waals surface area contributed by atoms with Crippen molar-refractivity contribution in [3.63, 3.8) is 0 Å². The fraction of sp³-hybridized carbons (Fsp3) is 0.397. The molecule has 5 heteroatoms. The van der Waals surface area contributed by atoms with Crippen LogP contribution in [0, 0.1) is 6.92 Å². The number of aryl methyl sites for hydroxylation is 1.